The fourth-order valence-corrected chi connectivity index (χ4v) is 1.74. The number of likely N-dealkylation sites (tertiary alicyclic amines) is 1. The van der Waals surface area contributed by atoms with Gasteiger partial charge in [0.05, 0.1) is 19.6 Å². The summed E-state index contributed by atoms with van der Waals surface area (Å²) < 4.78 is 4.55. The Kier molecular flexibility index (Phi) is 4.08. The van der Waals surface area contributed by atoms with Gasteiger partial charge in [0.1, 0.15) is 0 Å². The molecule has 5 heteroatoms. The quantitative estimate of drug-likeness (QED) is 0.604. The molecule has 86 valence electrons. The molecule has 1 rings (SSSR count). The Morgan fingerprint density at radius 2 is 2.33 bits per heavy atom. The molecule has 5 nitrogen and oxygen atoms in total. The second-order valence-corrected chi connectivity index (χ2v) is 3.87. The van der Waals surface area contributed by atoms with Crippen LogP contribution in [0.3, 0.4) is 0 Å². The van der Waals surface area contributed by atoms with Crippen LogP contribution < -0.4 is 0 Å². The minimum atomic E-state index is -0.236. The van der Waals surface area contributed by atoms with Gasteiger partial charge in [-0.15, -0.1) is 0 Å². The van der Waals surface area contributed by atoms with Crippen LogP contribution in [0.4, 0.5) is 0 Å². The molecule has 1 fully saturated rings. The molecule has 0 saturated carbocycles. The Morgan fingerprint density at radius 3 is 2.80 bits per heavy atom. The summed E-state index contributed by atoms with van der Waals surface area (Å²) in [4.78, 5) is 26.2. The number of nitrogens with zero attached hydrogens (tertiary/aromatic N) is 2. The van der Waals surface area contributed by atoms with Gasteiger partial charge in [0.15, 0.2) is 0 Å². The van der Waals surface area contributed by atoms with Crippen molar-refractivity contribution < 1.29 is 14.3 Å². The van der Waals surface area contributed by atoms with Gasteiger partial charge in [-0.25, -0.2) is 0 Å². The summed E-state index contributed by atoms with van der Waals surface area (Å²) in [6.45, 7) is 1.36. The first-order chi connectivity index (χ1) is 7.06. The summed E-state index contributed by atoms with van der Waals surface area (Å²) >= 11 is 0. The van der Waals surface area contributed by atoms with E-state index in [1.54, 1.807) is 11.9 Å². The Bertz CT molecular complexity index is 255. The van der Waals surface area contributed by atoms with Crippen LogP contribution in [0.25, 0.3) is 0 Å². The molecular weight excluding hydrogens is 196 g/mol. The number of rotatable bonds is 4. The van der Waals surface area contributed by atoms with Gasteiger partial charge in [-0.05, 0) is 13.5 Å². The molecule has 1 aliphatic heterocycles. The van der Waals surface area contributed by atoms with Crippen LogP contribution in [0, 0.1) is 0 Å². The van der Waals surface area contributed by atoms with Gasteiger partial charge in [-0.2, -0.15) is 0 Å². The third-order valence-electron chi connectivity index (χ3n) is 2.83. The van der Waals surface area contributed by atoms with Gasteiger partial charge in [0, 0.05) is 20.1 Å². The minimum Gasteiger partial charge on any atom is -0.469 e. The van der Waals surface area contributed by atoms with Crippen molar-refractivity contribution in [3.8, 4) is 0 Å². The van der Waals surface area contributed by atoms with Gasteiger partial charge >= 0.3 is 5.97 Å². The first-order valence-electron chi connectivity index (χ1n) is 5.08. The summed E-state index contributed by atoms with van der Waals surface area (Å²) in [5, 5.41) is 0. The Balaban J connectivity index is 2.37. The fourth-order valence-electron chi connectivity index (χ4n) is 1.74. The average Bonchev–Trinajstić information content (AvgIpc) is 2.56. The van der Waals surface area contributed by atoms with Crippen LogP contribution in [0.2, 0.25) is 0 Å². The van der Waals surface area contributed by atoms with Crippen molar-refractivity contribution in [1.29, 1.82) is 0 Å². The van der Waals surface area contributed by atoms with Crippen molar-refractivity contribution in [3.05, 3.63) is 0 Å². The largest absolute Gasteiger partial charge is 0.469 e. The van der Waals surface area contributed by atoms with E-state index < -0.39 is 0 Å². The molecule has 1 amide bonds. The van der Waals surface area contributed by atoms with Gasteiger partial charge in [0.2, 0.25) is 5.91 Å². The van der Waals surface area contributed by atoms with Gasteiger partial charge < -0.3 is 9.64 Å². The number of esters is 1. The standard InChI is InChI=1S/C10H18N2O3/c1-11(7-5-9(13)15-3)8-4-6-12(2)10(8)14/h8H,4-7H2,1-3H3. The zero-order chi connectivity index (χ0) is 11.4. The first kappa shape index (κ1) is 12.0. The second kappa shape index (κ2) is 5.11. The molecule has 1 aliphatic rings. The van der Waals surface area contributed by atoms with E-state index in [-0.39, 0.29) is 17.9 Å². The number of carbonyl (C=O) groups excluding carboxylic acids is 2. The molecule has 0 aliphatic carbocycles. The lowest BCUT2D eigenvalue weighted by Gasteiger charge is -2.21. The van der Waals surface area contributed by atoms with Gasteiger partial charge in [-0.1, -0.05) is 0 Å². The highest BCUT2D eigenvalue weighted by Crippen LogP contribution is 2.14. The van der Waals surface area contributed by atoms with E-state index in [0.717, 1.165) is 13.0 Å². The summed E-state index contributed by atoms with van der Waals surface area (Å²) in [6, 6.07) is -0.0698. The second-order valence-electron chi connectivity index (χ2n) is 3.87. The van der Waals surface area contributed by atoms with E-state index in [1.807, 2.05) is 11.9 Å². The van der Waals surface area contributed by atoms with Crippen molar-refractivity contribution >= 4 is 11.9 Å². The monoisotopic (exact) mass is 214 g/mol. The van der Waals surface area contributed by atoms with Gasteiger partial charge in [-0.3, -0.25) is 14.5 Å². The molecule has 1 unspecified atom stereocenters. The van der Waals surface area contributed by atoms with Crippen molar-refractivity contribution in [2.24, 2.45) is 0 Å². The number of hydrogen-bond acceptors (Lipinski definition) is 4. The van der Waals surface area contributed by atoms with Crippen LogP contribution in [0.15, 0.2) is 0 Å². The molecule has 1 heterocycles. The topological polar surface area (TPSA) is 49.9 Å². The van der Waals surface area contributed by atoms with Crippen LogP contribution in [0.1, 0.15) is 12.8 Å². The number of likely N-dealkylation sites (N-methyl/N-ethyl adjacent to an activating group) is 2. The van der Waals surface area contributed by atoms with Crippen LogP contribution >= 0.6 is 0 Å². The Hall–Kier alpha value is -1.10. The van der Waals surface area contributed by atoms with E-state index in [0.29, 0.717) is 13.0 Å². The number of ether oxygens (including phenoxy) is 1. The van der Waals surface area contributed by atoms with E-state index >= 15 is 0 Å². The van der Waals surface area contributed by atoms with Crippen molar-refractivity contribution in [2.45, 2.75) is 18.9 Å². The van der Waals surface area contributed by atoms with Crippen LogP contribution in [-0.2, 0) is 14.3 Å². The SMILES string of the molecule is COC(=O)CCN(C)C1CCN(C)C1=O. The summed E-state index contributed by atoms with van der Waals surface area (Å²) in [5.41, 5.74) is 0. The zero-order valence-corrected chi connectivity index (χ0v) is 9.52. The maximum Gasteiger partial charge on any atom is 0.306 e. The third-order valence-corrected chi connectivity index (χ3v) is 2.83. The van der Waals surface area contributed by atoms with E-state index in [4.69, 9.17) is 0 Å². The predicted molar refractivity (Wildman–Crippen MR) is 55.3 cm³/mol. The highest BCUT2D eigenvalue weighted by atomic mass is 16.5. The Labute approximate surface area is 90.0 Å². The average molecular weight is 214 g/mol. The fraction of sp³-hybridized carbons (Fsp3) is 0.800. The number of methoxy groups -OCH3 is 1. The number of hydrogen-bond donors (Lipinski definition) is 0. The van der Waals surface area contributed by atoms with Gasteiger partial charge in [0.25, 0.3) is 0 Å². The molecule has 0 aromatic heterocycles. The van der Waals surface area contributed by atoms with Crippen molar-refractivity contribution in [2.75, 3.05) is 34.3 Å². The molecular formula is C10H18N2O3. The van der Waals surface area contributed by atoms with Crippen LogP contribution in [0.5, 0.6) is 0 Å². The van der Waals surface area contributed by atoms with E-state index in [9.17, 15) is 9.59 Å². The maximum absolute atomic E-state index is 11.6. The molecule has 0 spiro atoms. The lowest BCUT2D eigenvalue weighted by Crippen LogP contribution is -2.39. The smallest absolute Gasteiger partial charge is 0.306 e. The zero-order valence-electron chi connectivity index (χ0n) is 9.52. The molecule has 0 radical (unpaired) electrons. The molecule has 0 aromatic rings. The number of carbonyl (C=O) groups is 2. The lowest BCUT2D eigenvalue weighted by molar-refractivity contribution is -0.141. The maximum atomic E-state index is 11.6. The molecule has 1 atom stereocenters. The van der Waals surface area contributed by atoms with E-state index in [1.165, 1.54) is 7.11 Å². The lowest BCUT2D eigenvalue weighted by atomic mass is 10.2. The van der Waals surface area contributed by atoms with Crippen molar-refractivity contribution in [1.82, 2.24) is 9.80 Å². The normalized spacial score (nSPS) is 21.2. The van der Waals surface area contributed by atoms with Crippen LogP contribution in [-0.4, -0.2) is 62.0 Å². The predicted octanol–water partition coefficient (Wildman–Crippen LogP) is -0.288. The van der Waals surface area contributed by atoms with E-state index in [2.05, 4.69) is 4.74 Å². The Morgan fingerprint density at radius 1 is 1.67 bits per heavy atom. The molecule has 1 saturated heterocycles. The molecule has 0 bridgehead atoms. The first-order valence-corrected chi connectivity index (χ1v) is 5.08. The highest BCUT2D eigenvalue weighted by molar-refractivity contribution is 5.83. The molecule has 0 aromatic carbocycles. The highest BCUT2D eigenvalue weighted by Gasteiger charge is 2.31. The molecule has 15 heavy (non-hydrogen) atoms. The summed E-state index contributed by atoms with van der Waals surface area (Å²) in [7, 11) is 5.04. The summed E-state index contributed by atoms with van der Waals surface area (Å²) in [5.74, 6) is -0.0944. The summed E-state index contributed by atoms with van der Waals surface area (Å²) in [6.07, 6.45) is 1.17. The third kappa shape index (κ3) is 2.92. The molecule has 0 N–H and O–H groups in total. The minimum absolute atomic E-state index is 0.0698. The number of amides is 1. The van der Waals surface area contributed by atoms with Crippen molar-refractivity contribution in [3.63, 3.8) is 0 Å².